The zero-order chi connectivity index (χ0) is 13.0. The maximum atomic E-state index is 11.2. The molecule has 0 spiro atoms. The lowest BCUT2D eigenvalue weighted by Gasteiger charge is -2.07. The molecule has 0 heterocycles. The molecule has 2 aromatic rings. The molecule has 0 aliphatic rings. The van der Waals surface area contributed by atoms with E-state index in [2.05, 4.69) is 5.32 Å². The second-order valence-corrected chi connectivity index (χ2v) is 5.77. The molecule has 1 atom stereocenters. The number of rotatable bonds is 4. The fourth-order valence-corrected chi connectivity index (χ4v) is 2.22. The number of benzene rings is 2. The highest BCUT2D eigenvalue weighted by Crippen LogP contribution is 2.14. The highest BCUT2D eigenvalue weighted by atomic mass is 35.5. The molecule has 0 bridgehead atoms. The quantitative estimate of drug-likeness (QED) is 0.925. The first kappa shape index (κ1) is 13.1. The van der Waals surface area contributed by atoms with E-state index < -0.39 is 10.8 Å². The highest BCUT2D eigenvalue weighted by Gasteiger charge is 1.98. The summed E-state index contributed by atoms with van der Waals surface area (Å²) >= 11 is 5.83. The summed E-state index contributed by atoms with van der Waals surface area (Å²) in [6, 6.07) is 15.4. The SMILES string of the molecule is C[S@@](=O)c1ccc(NCc2ccc(Cl)cc2)cc1. The van der Waals surface area contributed by atoms with Gasteiger partial charge in [-0.25, -0.2) is 0 Å². The van der Waals surface area contributed by atoms with Crippen molar-refractivity contribution < 1.29 is 4.21 Å². The van der Waals surface area contributed by atoms with Gasteiger partial charge in [0.05, 0.1) is 0 Å². The van der Waals surface area contributed by atoms with E-state index >= 15 is 0 Å². The Balaban J connectivity index is 1.97. The van der Waals surface area contributed by atoms with E-state index in [0.29, 0.717) is 0 Å². The average molecular weight is 280 g/mol. The predicted octanol–water partition coefficient (Wildman–Crippen LogP) is 3.69. The van der Waals surface area contributed by atoms with Gasteiger partial charge in [-0.1, -0.05) is 23.7 Å². The largest absolute Gasteiger partial charge is 0.381 e. The molecule has 0 aliphatic heterocycles. The average Bonchev–Trinajstić information content (AvgIpc) is 2.38. The predicted molar refractivity (Wildman–Crippen MR) is 77.6 cm³/mol. The Kier molecular flexibility index (Phi) is 4.39. The van der Waals surface area contributed by atoms with Crippen molar-refractivity contribution >= 4 is 28.1 Å². The molecule has 0 saturated heterocycles. The van der Waals surface area contributed by atoms with Gasteiger partial charge in [-0.05, 0) is 42.0 Å². The number of halogens is 1. The summed E-state index contributed by atoms with van der Waals surface area (Å²) in [5.41, 5.74) is 2.18. The Morgan fingerprint density at radius 3 is 2.22 bits per heavy atom. The lowest BCUT2D eigenvalue weighted by Crippen LogP contribution is -1.99. The molecule has 0 aliphatic carbocycles. The first-order valence-corrected chi connectivity index (χ1v) is 7.50. The molecule has 1 N–H and O–H groups in total. The number of nitrogens with one attached hydrogen (secondary N) is 1. The van der Waals surface area contributed by atoms with Gasteiger partial charge in [0.25, 0.3) is 0 Å². The van der Waals surface area contributed by atoms with Crippen LogP contribution in [0.4, 0.5) is 5.69 Å². The number of hydrogen-bond donors (Lipinski definition) is 1. The van der Waals surface area contributed by atoms with Gasteiger partial charge in [0.15, 0.2) is 0 Å². The van der Waals surface area contributed by atoms with Crippen LogP contribution < -0.4 is 5.32 Å². The van der Waals surface area contributed by atoms with Gasteiger partial charge in [-0.3, -0.25) is 4.21 Å². The van der Waals surface area contributed by atoms with Crippen molar-refractivity contribution in [3.05, 3.63) is 59.1 Å². The summed E-state index contributed by atoms with van der Waals surface area (Å²) < 4.78 is 11.2. The van der Waals surface area contributed by atoms with Crippen LogP contribution in [-0.4, -0.2) is 10.5 Å². The van der Waals surface area contributed by atoms with Crippen LogP contribution in [-0.2, 0) is 17.3 Å². The van der Waals surface area contributed by atoms with Gasteiger partial charge in [0, 0.05) is 39.2 Å². The molecule has 18 heavy (non-hydrogen) atoms. The first-order chi connectivity index (χ1) is 8.65. The number of hydrogen-bond acceptors (Lipinski definition) is 2. The molecule has 0 aromatic heterocycles. The van der Waals surface area contributed by atoms with Crippen LogP contribution in [0.1, 0.15) is 5.56 Å². The zero-order valence-electron chi connectivity index (χ0n) is 10.0. The molecule has 0 fully saturated rings. The molecular weight excluding hydrogens is 266 g/mol. The van der Waals surface area contributed by atoms with E-state index in [1.165, 1.54) is 5.56 Å². The molecule has 4 heteroatoms. The van der Waals surface area contributed by atoms with Crippen LogP contribution in [0.25, 0.3) is 0 Å². The monoisotopic (exact) mass is 279 g/mol. The second kappa shape index (κ2) is 6.03. The van der Waals surface area contributed by atoms with Gasteiger partial charge in [0.2, 0.25) is 0 Å². The van der Waals surface area contributed by atoms with Crippen molar-refractivity contribution in [1.82, 2.24) is 0 Å². The fourth-order valence-electron chi connectivity index (χ4n) is 1.57. The maximum Gasteiger partial charge on any atom is 0.0498 e. The number of anilines is 1. The molecule has 0 unspecified atom stereocenters. The third-order valence-corrected chi connectivity index (χ3v) is 3.78. The van der Waals surface area contributed by atoms with E-state index in [4.69, 9.17) is 11.6 Å². The van der Waals surface area contributed by atoms with Crippen LogP contribution in [0.5, 0.6) is 0 Å². The summed E-state index contributed by atoms with van der Waals surface area (Å²) in [6.45, 7) is 0.742. The smallest absolute Gasteiger partial charge is 0.0498 e. The van der Waals surface area contributed by atoms with Gasteiger partial charge in [-0.2, -0.15) is 0 Å². The van der Waals surface area contributed by atoms with Gasteiger partial charge in [-0.15, -0.1) is 0 Å². The lowest BCUT2D eigenvalue weighted by atomic mass is 10.2. The van der Waals surface area contributed by atoms with Crippen molar-refractivity contribution in [2.24, 2.45) is 0 Å². The van der Waals surface area contributed by atoms with Crippen molar-refractivity contribution in [1.29, 1.82) is 0 Å². The Morgan fingerprint density at radius 1 is 1.06 bits per heavy atom. The Bertz CT molecular complexity index is 537. The molecule has 2 rings (SSSR count). The van der Waals surface area contributed by atoms with Gasteiger partial charge >= 0.3 is 0 Å². The standard InChI is InChI=1S/C14H14ClNOS/c1-18(17)14-8-6-13(7-9-14)16-10-11-2-4-12(15)5-3-11/h2-9,16H,10H2,1H3/t18-/m1/s1. The molecular formula is C14H14ClNOS. The Hall–Kier alpha value is -1.32. The van der Waals surface area contributed by atoms with Gasteiger partial charge < -0.3 is 5.32 Å². The van der Waals surface area contributed by atoms with Crippen LogP contribution in [0.3, 0.4) is 0 Å². The van der Waals surface area contributed by atoms with Crippen molar-refractivity contribution in [3.63, 3.8) is 0 Å². The van der Waals surface area contributed by atoms with Crippen molar-refractivity contribution in [3.8, 4) is 0 Å². The summed E-state index contributed by atoms with van der Waals surface area (Å²) in [7, 11) is -0.922. The minimum Gasteiger partial charge on any atom is -0.381 e. The lowest BCUT2D eigenvalue weighted by molar-refractivity contribution is 0.687. The van der Waals surface area contributed by atoms with Crippen molar-refractivity contribution in [2.75, 3.05) is 11.6 Å². The second-order valence-electron chi connectivity index (χ2n) is 3.96. The fraction of sp³-hybridized carbons (Fsp3) is 0.143. The molecule has 2 aromatic carbocycles. The minimum atomic E-state index is -0.922. The van der Waals surface area contributed by atoms with E-state index in [1.54, 1.807) is 6.26 Å². The normalized spacial score (nSPS) is 12.1. The van der Waals surface area contributed by atoms with Gasteiger partial charge in [0.1, 0.15) is 0 Å². The van der Waals surface area contributed by atoms with Crippen LogP contribution >= 0.6 is 11.6 Å². The first-order valence-electron chi connectivity index (χ1n) is 5.57. The molecule has 2 nitrogen and oxygen atoms in total. The Labute approximate surface area is 114 Å². The minimum absolute atomic E-state index is 0.742. The van der Waals surface area contributed by atoms with Crippen LogP contribution in [0.15, 0.2) is 53.4 Å². The summed E-state index contributed by atoms with van der Waals surface area (Å²) in [5.74, 6) is 0. The third kappa shape index (κ3) is 3.59. The van der Waals surface area contributed by atoms with E-state index in [1.807, 2.05) is 48.5 Å². The highest BCUT2D eigenvalue weighted by molar-refractivity contribution is 7.84. The molecule has 0 saturated carbocycles. The topological polar surface area (TPSA) is 29.1 Å². The Morgan fingerprint density at radius 2 is 1.67 bits per heavy atom. The van der Waals surface area contributed by atoms with Crippen LogP contribution in [0, 0.1) is 0 Å². The van der Waals surface area contributed by atoms with Crippen molar-refractivity contribution in [2.45, 2.75) is 11.4 Å². The molecule has 94 valence electrons. The van der Waals surface area contributed by atoms with E-state index in [-0.39, 0.29) is 0 Å². The summed E-state index contributed by atoms with van der Waals surface area (Å²) in [4.78, 5) is 0.840. The maximum absolute atomic E-state index is 11.2. The van der Waals surface area contributed by atoms with E-state index in [0.717, 1.165) is 22.2 Å². The molecule has 0 amide bonds. The zero-order valence-corrected chi connectivity index (χ0v) is 11.6. The van der Waals surface area contributed by atoms with Crippen LogP contribution in [0.2, 0.25) is 5.02 Å². The summed E-state index contributed by atoms with van der Waals surface area (Å²) in [6.07, 6.45) is 1.68. The summed E-state index contributed by atoms with van der Waals surface area (Å²) in [5, 5.41) is 4.05. The van der Waals surface area contributed by atoms with E-state index in [9.17, 15) is 4.21 Å². The molecule has 0 radical (unpaired) electrons. The third-order valence-electron chi connectivity index (χ3n) is 2.60.